The molecule has 3 aromatic carbocycles. The molecule has 0 unspecified atom stereocenters. The van der Waals surface area contributed by atoms with Crippen LogP contribution in [0.1, 0.15) is 16.7 Å². The van der Waals surface area contributed by atoms with Crippen LogP contribution in [0.3, 0.4) is 0 Å². The Labute approximate surface area is 187 Å². The van der Waals surface area contributed by atoms with Crippen LogP contribution >= 0.6 is 0 Å². The van der Waals surface area contributed by atoms with Crippen LogP contribution in [0.25, 0.3) is 5.57 Å². The molecule has 32 heavy (non-hydrogen) atoms. The fourth-order valence-electron chi connectivity index (χ4n) is 3.73. The molecule has 0 atom stereocenters. The van der Waals surface area contributed by atoms with Crippen molar-refractivity contribution >= 4 is 28.8 Å². The van der Waals surface area contributed by atoms with E-state index in [-0.39, 0.29) is 11.6 Å². The lowest BCUT2D eigenvalue weighted by atomic mass is 10.0. The Morgan fingerprint density at radius 2 is 1.53 bits per heavy atom. The van der Waals surface area contributed by atoms with Crippen LogP contribution in [0, 0.1) is 13.8 Å². The molecule has 0 saturated carbocycles. The van der Waals surface area contributed by atoms with Gasteiger partial charge in [-0.25, -0.2) is 4.90 Å². The molecule has 0 aromatic heterocycles. The maximum absolute atomic E-state index is 13.6. The number of hydrogen-bond acceptors (Lipinski definition) is 5. The number of carbonyl (C=O) groups is 2. The molecule has 0 bridgehead atoms. The molecule has 0 saturated heterocycles. The zero-order valence-corrected chi connectivity index (χ0v) is 18.4. The number of carbonyl (C=O) groups excluding carboxylic acids is 2. The number of aryl methyl sites for hydroxylation is 2. The molecule has 1 heterocycles. The van der Waals surface area contributed by atoms with Crippen molar-refractivity contribution in [1.29, 1.82) is 0 Å². The largest absolute Gasteiger partial charge is 0.497 e. The fourth-order valence-corrected chi connectivity index (χ4v) is 3.73. The standard InChI is InChI=1S/C26H24N2O4/c1-16-9-10-17(2)21(15-16)28-25(29)23(18-11-13-19(31-3)14-12-18)24(26(28)30)27-20-7-5-6-8-22(20)32-4/h5-15,27H,1-4H3. The maximum Gasteiger partial charge on any atom is 0.282 e. The van der Waals surface area contributed by atoms with Crippen molar-refractivity contribution in [2.24, 2.45) is 0 Å². The molecule has 1 N–H and O–H groups in total. The molecule has 1 aliphatic heterocycles. The van der Waals surface area contributed by atoms with Crippen molar-refractivity contribution in [3.63, 3.8) is 0 Å². The molecule has 0 aliphatic carbocycles. The van der Waals surface area contributed by atoms with E-state index in [0.717, 1.165) is 11.1 Å². The highest BCUT2D eigenvalue weighted by atomic mass is 16.5. The summed E-state index contributed by atoms with van der Waals surface area (Å²) in [6.45, 7) is 3.81. The van der Waals surface area contributed by atoms with Gasteiger partial charge >= 0.3 is 0 Å². The number of amides is 2. The van der Waals surface area contributed by atoms with Gasteiger partial charge in [0.15, 0.2) is 0 Å². The van der Waals surface area contributed by atoms with Crippen LogP contribution in [0.5, 0.6) is 11.5 Å². The molecule has 4 rings (SSSR count). The Morgan fingerprint density at radius 3 is 2.22 bits per heavy atom. The van der Waals surface area contributed by atoms with Crippen LogP contribution < -0.4 is 19.7 Å². The molecular formula is C26H24N2O4. The van der Waals surface area contributed by atoms with Gasteiger partial charge in [0.1, 0.15) is 17.2 Å². The highest BCUT2D eigenvalue weighted by Crippen LogP contribution is 2.37. The van der Waals surface area contributed by atoms with Gasteiger partial charge in [0, 0.05) is 0 Å². The molecule has 6 heteroatoms. The summed E-state index contributed by atoms with van der Waals surface area (Å²) < 4.78 is 10.7. The van der Waals surface area contributed by atoms with E-state index < -0.39 is 5.91 Å². The summed E-state index contributed by atoms with van der Waals surface area (Å²) in [7, 11) is 3.14. The van der Waals surface area contributed by atoms with E-state index in [2.05, 4.69) is 5.32 Å². The third kappa shape index (κ3) is 3.71. The summed E-state index contributed by atoms with van der Waals surface area (Å²) in [6.07, 6.45) is 0. The Balaban J connectivity index is 1.86. The van der Waals surface area contributed by atoms with E-state index in [1.807, 2.05) is 44.2 Å². The summed E-state index contributed by atoms with van der Waals surface area (Å²) in [6, 6.07) is 20.1. The predicted molar refractivity (Wildman–Crippen MR) is 125 cm³/mol. The van der Waals surface area contributed by atoms with Crippen LogP contribution in [0.15, 0.2) is 72.4 Å². The predicted octanol–water partition coefficient (Wildman–Crippen LogP) is 4.72. The molecule has 0 fully saturated rings. The maximum atomic E-state index is 13.6. The van der Waals surface area contributed by atoms with Gasteiger partial charge in [-0.15, -0.1) is 0 Å². The highest BCUT2D eigenvalue weighted by molar-refractivity contribution is 6.46. The summed E-state index contributed by atoms with van der Waals surface area (Å²) in [5.41, 5.74) is 4.08. The lowest BCUT2D eigenvalue weighted by Crippen LogP contribution is -2.33. The minimum atomic E-state index is -0.416. The van der Waals surface area contributed by atoms with Gasteiger partial charge in [-0.2, -0.15) is 0 Å². The number of para-hydroxylation sites is 2. The summed E-state index contributed by atoms with van der Waals surface area (Å²) in [5.74, 6) is 0.433. The lowest BCUT2D eigenvalue weighted by molar-refractivity contribution is -0.120. The van der Waals surface area contributed by atoms with E-state index in [4.69, 9.17) is 9.47 Å². The number of imide groups is 1. The summed E-state index contributed by atoms with van der Waals surface area (Å²) in [5, 5.41) is 3.16. The molecule has 1 aliphatic rings. The summed E-state index contributed by atoms with van der Waals surface area (Å²) >= 11 is 0. The smallest absolute Gasteiger partial charge is 0.282 e. The number of benzene rings is 3. The van der Waals surface area contributed by atoms with Gasteiger partial charge in [-0.05, 0) is 60.9 Å². The topological polar surface area (TPSA) is 67.9 Å². The molecule has 2 amide bonds. The van der Waals surface area contributed by atoms with Crippen molar-refractivity contribution in [3.8, 4) is 11.5 Å². The minimum absolute atomic E-state index is 0.200. The fraction of sp³-hybridized carbons (Fsp3) is 0.154. The van der Waals surface area contributed by atoms with Crippen molar-refractivity contribution in [2.75, 3.05) is 24.4 Å². The number of hydrogen-bond donors (Lipinski definition) is 1. The quantitative estimate of drug-likeness (QED) is 0.576. The van der Waals surface area contributed by atoms with E-state index in [1.165, 1.54) is 4.90 Å². The third-order valence-corrected chi connectivity index (χ3v) is 5.43. The lowest BCUT2D eigenvalue weighted by Gasteiger charge is -2.18. The van der Waals surface area contributed by atoms with E-state index >= 15 is 0 Å². The Hall–Kier alpha value is -4.06. The first kappa shape index (κ1) is 21.2. The number of ether oxygens (including phenoxy) is 2. The molecule has 162 valence electrons. The number of nitrogens with zero attached hydrogens (tertiary/aromatic N) is 1. The first-order valence-corrected chi connectivity index (χ1v) is 10.2. The van der Waals surface area contributed by atoms with E-state index in [1.54, 1.807) is 50.6 Å². The second kappa shape index (κ2) is 8.59. The number of rotatable bonds is 6. The number of methoxy groups -OCH3 is 2. The Kier molecular flexibility index (Phi) is 5.69. The van der Waals surface area contributed by atoms with Crippen molar-refractivity contribution in [2.45, 2.75) is 13.8 Å². The van der Waals surface area contributed by atoms with Gasteiger partial charge < -0.3 is 14.8 Å². The average molecular weight is 428 g/mol. The second-order valence-electron chi connectivity index (χ2n) is 7.54. The van der Waals surface area contributed by atoms with Gasteiger partial charge in [0.2, 0.25) is 0 Å². The van der Waals surface area contributed by atoms with Crippen molar-refractivity contribution in [3.05, 3.63) is 89.1 Å². The second-order valence-corrected chi connectivity index (χ2v) is 7.54. The highest BCUT2D eigenvalue weighted by Gasteiger charge is 2.41. The Bertz CT molecular complexity index is 1230. The average Bonchev–Trinajstić information content (AvgIpc) is 3.05. The normalized spacial score (nSPS) is 13.6. The van der Waals surface area contributed by atoms with Gasteiger partial charge in [0.25, 0.3) is 11.8 Å². The van der Waals surface area contributed by atoms with Crippen LogP contribution in [0.2, 0.25) is 0 Å². The third-order valence-electron chi connectivity index (χ3n) is 5.43. The molecule has 3 aromatic rings. The SMILES string of the molecule is COc1ccc(C2=C(Nc3ccccc3OC)C(=O)N(c3cc(C)ccc3C)C2=O)cc1. The monoisotopic (exact) mass is 428 g/mol. The number of anilines is 2. The minimum Gasteiger partial charge on any atom is -0.497 e. The molecule has 0 radical (unpaired) electrons. The molecular weight excluding hydrogens is 404 g/mol. The first-order valence-electron chi connectivity index (χ1n) is 10.2. The van der Waals surface area contributed by atoms with Crippen LogP contribution in [-0.2, 0) is 9.59 Å². The first-order chi connectivity index (χ1) is 15.4. The zero-order chi connectivity index (χ0) is 22.8. The van der Waals surface area contributed by atoms with Crippen molar-refractivity contribution in [1.82, 2.24) is 0 Å². The van der Waals surface area contributed by atoms with Gasteiger partial charge in [0.05, 0.1) is 31.2 Å². The summed E-state index contributed by atoms with van der Waals surface area (Å²) in [4.78, 5) is 28.5. The Morgan fingerprint density at radius 1 is 0.812 bits per heavy atom. The van der Waals surface area contributed by atoms with Crippen LogP contribution in [-0.4, -0.2) is 26.0 Å². The van der Waals surface area contributed by atoms with E-state index in [0.29, 0.717) is 34.0 Å². The van der Waals surface area contributed by atoms with Gasteiger partial charge in [-0.3, -0.25) is 9.59 Å². The van der Waals surface area contributed by atoms with E-state index in [9.17, 15) is 9.59 Å². The number of nitrogens with one attached hydrogen (secondary N) is 1. The molecule has 0 spiro atoms. The van der Waals surface area contributed by atoms with Crippen LogP contribution in [0.4, 0.5) is 11.4 Å². The van der Waals surface area contributed by atoms with Gasteiger partial charge in [-0.1, -0.05) is 36.4 Å². The molecule has 6 nitrogen and oxygen atoms in total. The zero-order valence-electron chi connectivity index (χ0n) is 18.4. The van der Waals surface area contributed by atoms with Crippen molar-refractivity contribution < 1.29 is 19.1 Å².